The number of benzene rings is 2. The number of hydrogen-bond donors (Lipinski definition) is 1. The van der Waals surface area contributed by atoms with Crippen LogP contribution in [-0.4, -0.2) is 11.7 Å². The van der Waals surface area contributed by atoms with E-state index in [2.05, 4.69) is 5.32 Å². The molecule has 0 heterocycles. The predicted molar refractivity (Wildman–Crippen MR) is 81.8 cm³/mol. The fourth-order valence-electron chi connectivity index (χ4n) is 1.61. The average molecular weight is 328 g/mol. The standard InChI is InChI=1S/C15H12ClF2NOS/c16-11-9-10(5-6-12(11)17)19-15(20)7-8-21-14-4-2-1-3-13(14)18/h1-6,9H,7-8H2,(H,19,20). The minimum atomic E-state index is -0.537. The van der Waals surface area contributed by atoms with E-state index in [0.29, 0.717) is 16.3 Å². The van der Waals surface area contributed by atoms with E-state index in [1.807, 2.05) is 0 Å². The Morgan fingerprint density at radius 2 is 1.90 bits per heavy atom. The van der Waals surface area contributed by atoms with Crippen molar-refractivity contribution < 1.29 is 13.6 Å². The van der Waals surface area contributed by atoms with Crippen LogP contribution in [0.15, 0.2) is 47.4 Å². The minimum Gasteiger partial charge on any atom is -0.326 e. The first kappa shape index (κ1) is 15.8. The van der Waals surface area contributed by atoms with Crippen LogP contribution in [-0.2, 0) is 4.79 Å². The minimum absolute atomic E-state index is 0.0477. The van der Waals surface area contributed by atoms with Gasteiger partial charge in [-0.1, -0.05) is 23.7 Å². The third kappa shape index (κ3) is 4.72. The molecule has 110 valence electrons. The Hall–Kier alpha value is -1.59. The lowest BCUT2D eigenvalue weighted by Gasteiger charge is -2.06. The molecule has 0 aliphatic carbocycles. The first-order valence-electron chi connectivity index (χ1n) is 6.18. The van der Waals surface area contributed by atoms with E-state index in [9.17, 15) is 13.6 Å². The zero-order chi connectivity index (χ0) is 15.2. The lowest BCUT2D eigenvalue weighted by molar-refractivity contribution is -0.115. The Labute approximate surface area is 130 Å². The molecular formula is C15H12ClF2NOS. The molecule has 2 rings (SSSR count). The fourth-order valence-corrected chi connectivity index (χ4v) is 2.68. The highest BCUT2D eigenvalue weighted by Crippen LogP contribution is 2.22. The van der Waals surface area contributed by atoms with Gasteiger partial charge in [-0.05, 0) is 30.3 Å². The van der Waals surface area contributed by atoms with Gasteiger partial charge >= 0.3 is 0 Å². The highest BCUT2D eigenvalue weighted by atomic mass is 35.5. The maximum Gasteiger partial charge on any atom is 0.225 e. The SMILES string of the molecule is O=C(CCSc1ccccc1F)Nc1ccc(F)c(Cl)c1. The van der Waals surface area contributed by atoms with Crippen molar-refractivity contribution in [2.75, 3.05) is 11.1 Å². The molecule has 0 saturated carbocycles. The van der Waals surface area contributed by atoms with Gasteiger partial charge in [-0.15, -0.1) is 11.8 Å². The maximum atomic E-state index is 13.4. The summed E-state index contributed by atoms with van der Waals surface area (Å²) in [6.07, 6.45) is 0.216. The van der Waals surface area contributed by atoms with Crippen molar-refractivity contribution in [3.63, 3.8) is 0 Å². The van der Waals surface area contributed by atoms with Gasteiger partial charge in [-0.3, -0.25) is 4.79 Å². The molecule has 0 aliphatic rings. The number of thioether (sulfide) groups is 1. The molecule has 2 aromatic rings. The van der Waals surface area contributed by atoms with Crippen LogP contribution < -0.4 is 5.32 Å². The molecule has 0 bridgehead atoms. The predicted octanol–water partition coefficient (Wildman–Crippen LogP) is 4.74. The molecule has 2 aromatic carbocycles. The number of halogens is 3. The Morgan fingerprint density at radius 1 is 1.14 bits per heavy atom. The Balaban J connectivity index is 1.82. The van der Waals surface area contributed by atoms with Crippen molar-refractivity contribution in [2.45, 2.75) is 11.3 Å². The number of carbonyl (C=O) groups is 1. The number of amides is 1. The quantitative estimate of drug-likeness (QED) is 0.804. The molecule has 1 amide bonds. The highest BCUT2D eigenvalue weighted by Gasteiger charge is 2.07. The van der Waals surface area contributed by atoms with Gasteiger partial charge in [0, 0.05) is 22.8 Å². The van der Waals surface area contributed by atoms with E-state index in [1.165, 1.54) is 36.0 Å². The van der Waals surface area contributed by atoms with Gasteiger partial charge in [0.2, 0.25) is 5.91 Å². The van der Waals surface area contributed by atoms with E-state index < -0.39 is 5.82 Å². The Kier molecular flexibility index (Phi) is 5.59. The first-order valence-corrected chi connectivity index (χ1v) is 7.55. The number of rotatable bonds is 5. The lowest BCUT2D eigenvalue weighted by atomic mass is 10.3. The molecule has 2 nitrogen and oxygen atoms in total. The molecule has 0 atom stereocenters. The molecule has 0 aliphatic heterocycles. The molecule has 6 heteroatoms. The second-order valence-corrected chi connectivity index (χ2v) is 5.75. The number of anilines is 1. The van der Waals surface area contributed by atoms with Crippen LogP contribution in [0.1, 0.15) is 6.42 Å². The van der Waals surface area contributed by atoms with Crippen LogP contribution in [0.25, 0.3) is 0 Å². The van der Waals surface area contributed by atoms with Crippen molar-refractivity contribution in [3.05, 3.63) is 59.1 Å². The summed E-state index contributed by atoms with van der Waals surface area (Å²) in [4.78, 5) is 12.2. The van der Waals surface area contributed by atoms with Gasteiger partial charge in [0.05, 0.1) is 5.02 Å². The van der Waals surface area contributed by atoms with Crippen molar-refractivity contribution in [1.82, 2.24) is 0 Å². The Bertz CT molecular complexity index is 651. The van der Waals surface area contributed by atoms with Crippen LogP contribution >= 0.6 is 23.4 Å². The Morgan fingerprint density at radius 3 is 2.62 bits per heavy atom. The molecular weight excluding hydrogens is 316 g/mol. The van der Waals surface area contributed by atoms with E-state index in [1.54, 1.807) is 18.2 Å². The molecule has 0 fully saturated rings. The second kappa shape index (κ2) is 7.43. The van der Waals surface area contributed by atoms with E-state index >= 15 is 0 Å². The number of hydrogen-bond acceptors (Lipinski definition) is 2. The second-order valence-electron chi connectivity index (χ2n) is 4.21. The molecule has 1 N–H and O–H groups in total. The zero-order valence-corrected chi connectivity index (χ0v) is 12.5. The monoisotopic (exact) mass is 327 g/mol. The fraction of sp³-hybridized carbons (Fsp3) is 0.133. The zero-order valence-electron chi connectivity index (χ0n) is 10.9. The molecule has 0 aromatic heterocycles. The third-order valence-electron chi connectivity index (χ3n) is 2.63. The van der Waals surface area contributed by atoms with E-state index in [-0.39, 0.29) is 23.2 Å². The summed E-state index contributed by atoms with van der Waals surface area (Å²) in [5.41, 5.74) is 0.433. The number of nitrogens with one attached hydrogen (secondary N) is 1. The van der Waals surface area contributed by atoms with Crippen LogP contribution in [0, 0.1) is 11.6 Å². The van der Waals surface area contributed by atoms with Crippen molar-refractivity contribution >= 4 is 35.0 Å². The van der Waals surface area contributed by atoms with Crippen LogP contribution in [0.5, 0.6) is 0 Å². The van der Waals surface area contributed by atoms with Crippen LogP contribution in [0.2, 0.25) is 5.02 Å². The summed E-state index contributed by atoms with van der Waals surface area (Å²) in [5.74, 6) is -0.624. The average Bonchev–Trinajstić information content (AvgIpc) is 2.45. The lowest BCUT2D eigenvalue weighted by Crippen LogP contribution is -2.12. The highest BCUT2D eigenvalue weighted by molar-refractivity contribution is 7.99. The van der Waals surface area contributed by atoms with Gasteiger partial charge in [0.1, 0.15) is 11.6 Å². The van der Waals surface area contributed by atoms with E-state index in [0.717, 1.165) is 0 Å². The summed E-state index contributed by atoms with van der Waals surface area (Å²) in [7, 11) is 0. The molecule has 21 heavy (non-hydrogen) atoms. The van der Waals surface area contributed by atoms with Gasteiger partial charge in [-0.25, -0.2) is 8.78 Å². The maximum absolute atomic E-state index is 13.4. The number of carbonyl (C=O) groups excluding carboxylic acids is 1. The largest absolute Gasteiger partial charge is 0.326 e. The van der Waals surface area contributed by atoms with Gasteiger partial charge in [0.25, 0.3) is 0 Å². The summed E-state index contributed by atoms with van der Waals surface area (Å²) >= 11 is 6.90. The topological polar surface area (TPSA) is 29.1 Å². The summed E-state index contributed by atoms with van der Waals surface area (Å²) in [6.45, 7) is 0. The van der Waals surface area contributed by atoms with Crippen molar-refractivity contribution in [2.24, 2.45) is 0 Å². The third-order valence-corrected chi connectivity index (χ3v) is 3.97. The first-order chi connectivity index (χ1) is 10.1. The smallest absolute Gasteiger partial charge is 0.225 e. The van der Waals surface area contributed by atoms with Gasteiger partial charge < -0.3 is 5.32 Å². The van der Waals surface area contributed by atoms with Crippen molar-refractivity contribution in [3.8, 4) is 0 Å². The van der Waals surface area contributed by atoms with Gasteiger partial charge in [0.15, 0.2) is 0 Å². The van der Waals surface area contributed by atoms with E-state index in [4.69, 9.17) is 11.6 Å². The molecule has 0 saturated heterocycles. The summed E-state index contributed by atoms with van der Waals surface area (Å²) in [6, 6.07) is 10.4. The summed E-state index contributed by atoms with van der Waals surface area (Å²) in [5, 5.41) is 2.57. The molecule has 0 spiro atoms. The van der Waals surface area contributed by atoms with Crippen LogP contribution in [0.3, 0.4) is 0 Å². The normalized spacial score (nSPS) is 10.4. The summed E-state index contributed by atoms with van der Waals surface area (Å²) < 4.78 is 26.4. The molecule has 0 radical (unpaired) electrons. The van der Waals surface area contributed by atoms with Gasteiger partial charge in [-0.2, -0.15) is 0 Å². The van der Waals surface area contributed by atoms with Crippen LogP contribution in [0.4, 0.5) is 14.5 Å². The molecule has 0 unspecified atom stereocenters. The van der Waals surface area contributed by atoms with Crippen molar-refractivity contribution in [1.29, 1.82) is 0 Å².